The first-order valence-electron chi connectivity index (χ1n) is 7.92. The van der Waals surface area contributed by atoms with Crippen molar-refractivity contribution in [1.29, 1.82) is 0 Å². The van der Waals surface area contributed by atoms with E-state index in [4.69, 9.17) is 0 Å². The summed E-state index contributed by atoms with van der Waals surface area (Å²) in [6.45, 7) is 6.89. The summed E-state index contributed by atoms with van der Waals surface area (Å²) in [5.74, 6) is 0. The highest BCUT2D eigenvalue weighted by atomic mass is 79.9. The van der Waals surface area contributed by atoms with Crippen molar-refractivity contribution in [3.63, 3.8) is 0 Å². The van der Waals surface area contributed by atoms with Gasteiger partial charge in [0.05, 0.1) is 0 Å². The van der Waals surface area contributed by atoms with Gasteiger partial charge in [-0.3, -0.25) is 0 Å². The highest BCUT2D eigenvalue weighted by Crippen LogP contribution is 2.54. The van der Waals surface area contributed by atoms with Crippen LogP contribution in [0.5, 0.6) is 0 Å². The van der Waals surface area contributed by atoms with Crippen molar-refractivity contribution in [2.45, 2.75) is 70.5 Å². The molecule has 1 unspecified atom stereocenters. The molecule has 2 rings (SSSR count). The molecule has 0 radical (unpaired) electrons. The van der Waals surface area contributed by atoms with Gasteiger partial charge < -0.3 is 0 Å². The van der Waals surface area contributed by atoms with Gasteiger partial charge >= 0.3 is 0 Å². The summed E-state index contributed by atoms with van der Waals surface area (Å²) in [4.78, 5) is 0.531. The molecule has 1 aliphatic rings. The van der Waals surface area contributed by atoms with Crippen LogP contribution in [-0.4, -0.2) is 0 Å². The predicted octanol–water partition coefficient (Wildman–Crippen LogP) is 6.22. The van der Waals surface area contributed by atoms with Crippen LogP contribution in [0.25, 0.3) is 0 Å². The number of benzene rings is 1. The van der Waals surface area contributed by atoms with Gasteiger partial charge in [-0.05, 0) is 54.2 Å². The molecule has 1 saturated carbocycles. The fourth-order valence-corrected chi connectivity index (χ4v) is 4.76. The molecular formula is C18H27Br. The minimum absolute atomic E-state index is 0.499. The van der Waals surface area contributed by atoms with Crippen molar-refractivity contribution in [2.24, 2.45) is 5.41 Å². The van der Waals surface area contributed by atoms with Crippen molar-refractivity contribution in [1.82, 2.24) is 0 Å². The second-order valence-corrected chi connectivity index (χ2v) is 6.94. The average molecular weight is 323 g/mol. The molecule has 0 aromatic heterocycles. The Hall–Kier alpha value is -0.300. The van der Waals surface area contributed by atoms with Crippen molar-refractivity contribution in [2.75, 3.05) is 0 Å². The Morgan fingerprint density at radius 1 is 1.05 bits per heavy atom. The van der Waals surface area contributed by atoms with E-state index in [0.29, 0.717) is 10.2 Å². The molecule has 0 nitrogen and oxygen atoms in total. The van der Waals surface area contributed by atoms with Crippen LogP contribution < -0.4 is 0 Å². The lowest BCUT2D eigenvalue weighted by Crippen LogP contribution is -2.21. The minimum Gasteiger partial charge on any atom is -0.0833 e. The van der Waals surface area contributed by atoms with Gasteiger partial charge in [-0.2, -0.15) is 0 Å². The Morgan fingerprint density at radius 3 is 2.21 bits per heavy atom. The van der Waals surface area contributed by atoms with E-state index in [-0.39, 0.29) is 0 Å². The first kappa shape index (κ1) is 15.1. The van der Waals surface area contributed by atoms with E-state index in [0.717, 1.165) is 12.8 Å². The third kappa shape index (κ3) is 2.91. The van der Waals surface area contributed by atoms with Crippen LogP contribution in [0.4, 0.5) is 0 Å². The maximum atomic E-state index is 4.04. The van der Waals surface area contributed by atoms with Crippen molar-refractivity contribution in [3.05, 3.63) is 34.9 Å². The fourth-order valence-electron chi connectivity index (χ4n) is 3.70. The van der Waals surface area contributed by atoms with Crippen LogP contribution in [-0.2, 0) is 12.8 Å². The molecule has 106 valence electrons. The van der Waals surface area contributed by atoms with E-state index >= 15 is 0 Å². The Bertz CT molecular complexity index is 416. The first-order chi connectivity index (χ1) is 9.16. The molecule has 0 saturated heterocycles. The Morgan fingerprint density at radius 2 is 1.68 bits per heavy atom. The zero-order valence-corrected chi connectivity index (χ0v) is 14.2. The second kappa shape index (κ2) is 6.43. The van der Waals surface area contributed by atoms with Gasteiger partial charge in [-0.25, -0.2) is 0 Å². The summed E-state index contributed by atoms with van der Waals surface area (Å²) in [6, 6.07) is 7.15. The van der Waals surface area contributed by atoms with Crippen LogP contribution in [0, 0.1) is 5.41 Å². The highest BCUT2D eigenvalue weighted by Gasteiger charge is 2.39. The first-order valence-corrected chi connectivity index (χ1v) is 8.84. The normalized spacial score (nSPS) is 19.6. The highest BCUT2D eigenvalue weighted by molar-refractivity contribution is 9.09. The smallest absolute Gasteiger partial charge is 0.0451 e. The van der Waals surface area contributed by atoms with Gasteiger partial charge in [0.1, 0.15) is 0 Å². The van der Waals surface area contributed by atoms with E-state index in [9.17, 15) is 0 Å². The number of rotatable bonds is 5. The number of hydrogen-bond donors (Lipinski definition) is 0. The minimum atomic E-state index is 0.499. The molecule has 1 atom stereocenters. The summed E-state index contributed by atoms with van der Waals surface area (Å²) >= 11 is 4.04. The van der Waals surface area contributed by atoms with Gasteiger partial charge in [0.25, 0.3) is 0 Å². The van der Waals surface area contributed by atoms with Gasteiger partial charge in [0.2, 0.25) is 0 Å². The van der Waals surface area contributed by atoms with E-state index in [2.05, 4.69) is 54.9 Å². The molecule has 1 heteroatoms. The molecule has 1 aromatic rings. The Kier molecular flexibility index (Phi) is 5.11. The van der Waals surface area contributed by atoms with E-state index < -0.39 is 0 Å². The maximum Gasteiger partial charge on any atom is 0.0451 e. The van der Waals surface area contributed by atoms with Gasteiger partial charge in [0.15, 0.2) is 0 Å². The predicted molar refractivity (Wildman–Crippen MR) is 88.1 cm³/mol. The molecule has 0 aliphatic heterocycles. The third-order valence-corrected chi connectivity index (χ3v) is 6.63. The maximum absolute atomic E-state index is 4.04. The van der Waals surface area contributed by atoms with Crippen molar-refractivity contribution < 1.29 is 0 Å². The Balaban J connectivity index is 2.30. The third-order valence-electron chi connectivity index (χ3n) is 5.13. The summed E-state index contributed by atoms with van der Waals surface area (Å²) in [5.41, 5.74) is 5.05. The van der Waals surface area contributed by atoms with Crippen LogP contribution in [0.1, 0.15) is 74.4 Å². The number of hydrogen-bond acceptors (Lipinski definition) is 0. The largest absolute Gasteiger partial charge is 0.0833 e. The molecule has 1 aromatic carbocycles. The van der Waals surface area contributed by atoms with E-state index in [1.54, 1.807) is 0 Å². The Labute approximate surface area is 127 Å². The van der Waals surface area contributed by atoms with Crippen molar-refractivity contribution >= 4 is 15.9 Å². The molecule has 0 N–H and O–H groups in total. The topological polar surface area (TPSA) is 0 Å². The van der Waals surface area contributed by atoms with E-state index in [1.807, 2.05) is 0 Å². The number of alkyl halides is 1. The SMILES string of the molecule is CCc1ccc(C(Br)C2(CC)CCCC2)cc1CC. The molecule has 19 heavy (non-hydrogen) atoms. The van der Waals surface area contributed by atoms with Crippen LogP contribution >= 0.6 is 15.9 Å². The molecule has 0 bridgehead atoms. The lowest BCUT2D eigenvalue weighted by atomic mass is 9.77. The van der Waals surface area contributed by atoms with Gasteiger partial charge in [0, 0.05) is 4.83 Å². The molecule has 0 spiro atoms. The summed E-state index contributed by atoms with van der Waals surface area (Å²) in [7, 11) is 0. The summed E-state index contributed by atoms with van der Waals surface area (Å²) in [6.07, 6.45) is 9.17. The van der Waals surface area contributed by atoms with E-state index in [1.165, 1.54) is 48.8 Å². The second-order valence-electron chi connectivity index (χ2n) is 6.02. The molecule has 1 aliphatic carbocycles. The summed E-state index contributed by atoms with van der Waals surface area (Å²) < 4.78 is 0. The summed E-state index contributed by atoms with van der Waals surface area (Å²) in [5, 5.41) is 0. The fraction of sp³-hybridized carbons (Fsp3) is 0.667. The molecule has 0 heterocycles. The lowest BCUT2D eigenvalue weighted by molar-refractivity contribution is 0.279. The van der Waals surface area contributed by atoms with Crippen molar-refractivity contribution in [3.8, 4) is 0 Å². The number of aryl methyl sites for hydroxylation is 2. The molecule has 1 fully saturated rings. The van der Waals surface area contributed by atoms with Gasteiger partial charge in [-0.15, -0.1) is 0 Å². The monoisotopic (exact) mass is 322 g/mol. The quantitative estimate of drug-likeness (QED) is 0.564. The molecular weight excluding hydrogens is 296 g/mol. The standard InChI is InChI=1S/C18H27Br/c1-4-14-9-10-16(13-15(14)5-2)17(19)18(6-3)11-7-8-12-18/h9-10,13,17H,4-8,11-12H2,1-3H3. The lowest BCUT2D eigenvalue weighted by Gasteiger charge is -2.34. The zero-order valence-electron chi connectivity index (χ0n) is 12.6. The van der Waals surface area contributed by atoms with Crippen LogP contribution in [0.3, 0.4) is 0 Å². The zero-order chi connectivity index (χ0) is 13.9. The van der Waals surface area contributed by atoms with Crippen LogP contribution in [0.2, 0.25) is 0 Å². The van der Waals surface area contributed by atoms with Crippen LogP contribution in [0.15, 0.2) is 18.2 Å². The molecule has 0 amide bonds. The van der Waals surface area contributed by atoms with Gasteiger partial charge in [-0.1, -0.05) is 67.7 Å². The average Bonchev–Trinajstić information content (AvgIpc) is 2.95. The number of halogens is 1.